The van der Waals surface area contributed by atoms with Gasteiger partial charge in [0.15, 0.2) is 0 Å². The van der Waals surface area contributed by atoms with Crippen molar-refractivity contribution in [3.8, 4) is 0 Å². The van der Waals surface area contributed by atoms with Gasteiger partial charge in [-0.3, -0.25) is 0 Å². The van der Waals surface area contributed by atoms with E-state index in [4.69, 9.17) is 9.47 Å². The fourth-order valence-electron chi connectivity index (χ4n) is 2.66. The number of aliphatic hydroxyl groups excluding tert-OH is 1. The highest BCUT2D eigenvalue weighted by Crippen LogP contribution is 2.39. The first-order chi connectivity index (χ1) is 9.76. The Morgan fingerprint density at radius 1 is 1.14 bits per heavy atom. The molecule has 0 aromatic rings. The summed E-state index contributed by atoms with van der Waals surface area (Å²) < 4.78 is 10.4. The minimum absolute atomic E-state index is 0.0191. The standard InChI is InChI=1S/C16H33NO4/c1-13(10-20-4)21-11-14(18)9-17-12-16(19)7-5-15(2,3)6-8-16/h13-14,17-19H,5-12H2,1-4H3. The molecule has 1 fully saturated rings. The van der Waals surface area contributed by atoms with E-state index < -0.39 is 11.7 Å². The van der Waals surface area contributed by atoms with Gasteiger partial charge in [0, 0.05) is 20.2 Å². The van der Waals surface area contributed by atoms with Crippen molar-refractivity contribution in [3.05, 3.63) is 0 Å². The molecule has 0 bridgehead atoms. The monoisotopic (exact) mass is 303 g/mol. The van der Waals surface area contributed by atoms with Gasteiger partial charge in [-0.15, -0.1) is 0 Å². The van der Waals surface area contributed by atoms with Crippen LogP contribution in [0, 0.1) is 5.41 Å². The van der Waals surface area contributed by atoms with E-state index in [9.17, 15) is 10.2 Å². The Morgan fingerprint density at radius 3 is 2.33 bits per heavy atom. The number of aliphatic hydroxyl groups is 2. The van der Waals surface area contributed by atoms with Gasteiger partial charge in [0.05, 0.1) is 31.0 Å². The van der Waals surface area contributed by atoms with E-state index in [1.165, 1.54) is 0 Å². The number of ether oxygens (including phenoxy) is 2. The normalized spacial score (nSPS) is 23.7. The van der Waals surface area contributed by atoms with Crippen LogP contribution in [0.15, 0.2) is 0 Å². The Bertz CT molecular complexity index is 286. The van der Waals surface area contributed by atoms with Gasteiger partial charge in [0.2, 0.25) is 0 Å². The zero-order valence-corrected chi connectivity index (χ0v) is 14.0. The topological polar surface area (TPSA) is 71.0 Å². The Balaban J connectivity index is 2.15. The number of hydrogen-bond donors (Lipinski definition) is 3. The molecule has 21 heavy (non-hydrogen) atoms. The zero-order valence-electron chi connectivity index (χ0n) is 14.0. The quantitative estimate of drug-likeness (QED) is 0.599. The van der Waals surface area contributed by atoms with E-state index in [2.05, 4.69) is 19.2 Å². The predicted octanol–water partition coefficient (Wildman–Crippen LogP) is 1.32. The second-order valence-corrected chi connectivity index (χ2v) is 7.27. The smallest absolute Gasteiger partial charge is 0.0897 e. The van der Waals surface area contributed by atoms with E-state index in [0.717, 1.165) is 25.7 Å². The average Bonchev–Trinajstić information content (AvgIpc) is 2.41. The summed E-state index contributed by atoms with van der Waals surface area (Å²) >= 11 is 0. The van der Waals surface area contributed by atoms with Crippen molar-refractivity contribution in [3.63, 3.8) is 0 Å². The van der Waals surface area contributed by atoms with Crippen LogP contribution in [-0.2, 0) is 9.47 Å². The van der Waals surface area contributed by atoms with Gasteiger partial charge in [-0.2, -0.15) is 0 Å². The summed E-state index contributed by atoms with van der Waals surface area (Å²) in [7, 11) is 1.63. The van der Waals surface area contributed by atoms with Crippen molar-refractivity contribution in [1.29, 1.82) is 0 Å². The summed E-state index contributed by atoms with van der Waals surface area (Å²) in [5, 5.41) is 23.5. The van der Waals surface area contributed by atoms with Crippen molar-refractivity contribution >= 4 is 0 Å². The van der Waals surface area contributed by atoms with Gasteiger partial charge in [0.25, 0.3) is 0 Å². The van der Waals surface area contributed by atoms with Crippen molar-refractivity contribution in [2.45, 2.75) is 64.3 Å². The molecule has 0 aliphatic heterocycles. The molecule has 3 N–H and O–H groups in total. The van der Waals surface area contributed by atoms with Gasteiger partial charge in [0.1, 0.15) is 0 Å². The van der Waals surface area contributed by atoms with Crippen LogP contribution in [0.4, 0.5) is 0 Å². The number of rotatable bonds is 9. The average molecular weight is 303 g/mol. The van der Waals surface area contributed by atoms with E-state index in [-0.39, 0.29) is 12.7 Å². The maximum Gasteiger partial charge on any atom is 0.0897 e. The molecule has 0 radical (unpaired) electrons. The molecule has 0 aromatic heterocycles. The molecule has 1 aliphatic carbocycles. The van der Waals surface area contributed by atoms with Crippen LogP contribution in [0.1, 0.15) is 46.5 Å². The van der Waals surface area contributed by atoms with Crippen LogP contribution in [0.2, 0.25) is 0 Å². The lowest BCUT2D eigenvalue weighted by Gasteiger charge is -2.40. The molecule has 1 aliphatic rings. The van der Waals surface area contributed by atoms with E-state index in [1.54, 1.807) is 7.11 Å². The van der Waals surface area contributed by atoms with Gasteiger partial charge in [-0.25, -0.2) is 0 Å². The lowest BCUT2D eigenvalue weighted by molar-refractivity contribution is -0.0398. The first-order valence-electron chi connectivity index (χ1n) is 7.98. The summed E-state index contributed by atoms with van der Waals surface area (Å²) in [5.74, 6) is 0. The maximum atomic E-state index is 10.5. The molecule has 5 heteroatoms. The molecule has 2 unspecified atom stereocenters. The van der Waals surface area contributed by atoms with Gasteiger partial charge in [-0.1, -0.05) is 13.8 Å². The van der Waals surface area contributed by atoms with Crippen LogP contribution in [0.3, 0.4) is 0 Å². The fraction of sp³-hybridized carbons (Fsp3) is 1.00. The Kier molecular flexibility index (Phi) is 7.57. The highest BCUT2D eigenvalue weighted by atomic mass is 16.5. The first-order valence-corrected chi connectivity index (χ1v) is 7.98. The fourth-order valence-corrected chi connectivity index (χ4v) is 2.66. The third-order valence-corrected chi connectivity index (χ3v) is 4.34. The van der Waals surface area contributed by atoms with Crippen molar-refractivity contribution in [1.82, 2.24) is 5.32 Å². The number of hydrogen-bond acceptors (Lipinski definition) is 5. The summed E-state index contributed by atoms with van der Waals surface area (Å²) in [6.45, 7) is 8.19. The minimum Gasteiger partial charge on any atom is -0.389 e. The van der Waals surface area contributed by atoms with E-state index in [1.807, 2.05) is 6.92 Å². The second-order valence-electron chi connectivity index (χ2n) is 7.27. The maximum absolute atomic E-state index is 10.5. The third kappa shape index (κ3) is 7.56. The van der Waals surface area contributed by atoms with Crippen LogP contribution in [-0.4, -0.2) is 61.4 Å². The van der Waals surface area contributed by atoms with Gasteiger partial charge in [-0.05, 0) is 38.0 Å². The molecule has 5 nitrogen and oxygen atoms in total. The summed E-state index contributed by atoms with van der Waals surface area (Å²) in [5.41, 5.74) is -0.281. The van der Waals surface area contributed by atoms with Gasteiger partial charge < -0.3 is 25.0 Å². The molecule has 0 saturated heterocycles. The number of nitrogens with one attached hydrogen (secondary N) is 1. The highest BCUT2D eigenvalue weighted by Gasteiger charge is 2.36. The third-order valence-electron chi connectivity index (χ3n) is 4.34. The molecule has 0 spiro atoms. The lowest BCUT2D eigenvalue weighted by Crippen LogP contribution is -2.47. The highest BCUT2D eigenvalue weighted by molar-refractivity contribution is 4.90. The SMILES string of the molecule is COCC(C)OCC(O)CNCC1(O)CCC(C)(C)CC1. The summed E-state index contributed by atoms with van der Waals surface area (Å²) in [6.07, 6.45) is 3.16. The van der Waals surface area contributed by atoms with E-state index >= 15 is 0 Å². The van der Waals surface area contributed by atoms with Crippen LogP contribution < -0.4 is 5.32 Å². The van der Waals surface area contributed by atoms with Crippen molar-refractivity contribution in [2.24, 2.45) is 5.41 Å². The molecule has 1 saturated carbocycles. The molecule has 0 amide bonds. The zero-order chi connectivity index (χ0) is 15.9. The van der Waals surface area contributed by atoms with Crippen LogP contribution in [0.25, 0.3) is 0 Å². The van der Waals surface area contributed by atoms with Crippen LogP contribution >= 0.6 is 0 Å². The van der Waals surface area contributed by atoms with Crippen LogP contribution in [0.5, 0.6) is 0 Å². The Labute approximate surface area is 129 Å². The molecule has 0 aromatic carbocycles. The Morgan fingerprint density at radius 2 is 1.76 bits per heavy atom. The minimum atomic E-state index is -0.626. The summed E-state index contributed by atoms with van der Waals surface area (Å²) in [6, 6.07) is 0. The second kappa shape index (κ2) is 8.44. The number of methoxy groups -OCH3 is 1. The molecular formula is C16H33NO4. The predicted molar refractivity (Wildman–Crippen MR) is 83.4 cm³/mol. The van der Waals surface area contributed by atoms with Crippen molar-refractivity contribution in [2.75, 3.05) is 33.4 Å². The van der Waals surface area contributed by atoms with E-state index in [0.29, 0.717) is 25.1 Å². The molecule has 126 valence electrons. The first kappa shape index (κ1) is 18.8. The molecule has 0 heterocycles. The van der Waals surface area contributed by atoms with Crippen molar-refractivity contribution < 1.29 is 19.7 Å². The summed E-state index contributed by atoms with van der Waals surface area (Å²) in [4.78, 5) is 0. The largest absolute Gasteiger partial charge is 0.389 e. The molecule has 2 atom stereocenters. The Hall–Kier alpha value is -0.200. The van der Waals surface area contributed by atoms with Gasteiger partial charge >= 0.3 is 0 Å². The molecule has 1 rings (SSSR count). The molecular weight excluding hydrogens is 270 g/mol. The lowest BCUT2D eigenvalue weighted by atomic mass is 9.71.